The van der Waals surface area contributed by atoms with Crippen LogP contribution in [0.25, 0.3) is 0 Å². The molecular formula is C51H82N4O10S2Si2. The van der Waals surface area contributed by atoms with Gasteiger partial charge >= 0.3 is 6.09 Å². The number of hydrogen-bond donors (Lipinski definition) is 2. The molecule has 0 unspecified atom stereocenters. The highest BCUT2D eigenvalue weighted by atomic mass is 33.1. The van der Waals surface area contributed by atoms with E-state index in [4.69, 9.17) is 38.3 Å². The van der Waals surface area contributed by atoms with Gasteiger partial charge in [-0.1, -0.05) is 101 Å². The van der Waals surface area contributed by atoms with Gasteiger partial charge in [-0.2, -0.15) is 0 Å². The second-order valence-electron chi connectivity index (χ2n) is 21.3. The van der Waals surface area contributed by atoms with E-state index in [1.54, 1.807) is 50.8 Å². The SMILES string of the molecule is C=C1C[C@@H](CO[Si](C)(C)C(C)(C)C)N(C(=O)c2cc(OC)c(OCCCCCOc3cc(NC(=O)OCCSSC(C)C)c(C(=O)N4CC(=C)C[C@H]4CO[Si](C)(C)C(C)(C)C)cc3OC)cc2N)C1. The highest BCUT2D eigenvalue weighted by Crippen LogP contribution is 2.41. The zero-order valence-corrected chi connectivity index (χ0v) is 47.7. The molecule has 0 aromatic heterocycles. The fourth-order valence-corrected chi connectivity index (χ4v) is 11.2. The van der Waals surface area contributed by atoms with Gasteiger partial charge in [0.1, 0.15) is 6.61 Å². The highest BCUT2D eigenvalue weighted by Gasteiger charge is 2.42. The number of nitrogens with two attached hydrogens (primary N) is 1. The number of nitrogen functional groups attached to an aromatic ring is 1. The molecule has 2 aliphatic rings. The summed E-state index contributed by atoms with van der Waals surface area (Å²) in [6, 6.07) is 6.20. The van der Waals surface area contributed by atoms with Crippen LogP contribution in [0.2, 0.25) is 36.3 Å². The molecule has 2 saturated heterocycles. The van der Waals surface area contributed by atoms with Crippen molar-refractivity contribution in [1.29, 1.82) is 0 Å². The van der Waals surface area contributed by atoms with Crippen molar-refractivity contribution in [3.63, 3.8) is 0 Å². The summed E-state index contributed by atoms with van der Waals surface area (Å²) in [6.07, 6.45) is 2.75. The summed E-state index contributed by atoms with van der Waals surface area (Å²) >= 11 is 0. The first-order valence-electron chi connectivity index (χ1n) is 24.1. The maximum atomic E-state index is 14.5. The molecule has 2 heterocycles. The minimum atomic E-state index is -2.10. The number of methoxy groups -OCH3 is 2. The zero-order chi connectivity index (χ0) is 51.5. The van der Waals surface area contributed by atoms with Gasteiger partial charge in [0, 0.05) is 41.9 Å². The minimum absolute atomic E-state index is 0.00861. The molecule has 4 rings (SSSR count). The van der Waals surface area contributed by atoms with Crippen molar-refractivity contribution in [3.05, 3.63) is 59.7 Å². The lowest BCUT2D eigenvalue weighted by Crippen LogP contribution is -2.46. The average Bonchev–Trinajstić information content (AvgIpc) is 3.84. The van der Waals surface area contributed by atoms with Crippen molar-refractivity contribution in [2.24, 2.45) is 0 Å². The molecule has 2 aromatic rings. The molecule has 2 atom stereocenters. The summed E-state index contributed by atoms with van der Waals surface area (Å²) in [5, 5.41) is 3.33. The van der Waals surface area contributed by atoms with Crippen LogP contribution in [0.15, 0.2) is 48.6 Å². The predicted molar refractivity (Wildman–Crippen MR) is 289 cm³/mol. The smallest absolute Gasteiger partial charge is 0.411 e. The van der Waals surface area contributed by atoms with E-state index in [0.717, 1.165) is 17.6 Å². The second kappa shape index (κ2) is 25.0. The average molecular weight is 1030 g/mol. The molecule has 14 nitrogen and oxygen atoms in total. The van der Waals surface area contributed by atoms with Crippen LogP contribution in [-0.4, -0.2) is 128 Å². The fourth-order valence-electron chi connectivity index (χ4n) is 7.27. The van der Waals surface area contributed by atoms with Gasteiger partial charge in [0.15, 0.2) is 39.6 Å². The molecule has 3 amide bonds. The summed E-state index contributed by atoms with van der Waals surface area (Å²) in [5.74, 6) is 1.73. The number of rotatable bonds is 24. The number of nitrogens with zero attached hydrogens (tertiary/aromatic N) is 2. The van der Waals surface area contributed by atoms with E-state index >= 15 is 0 Å². The van der Waals surface area contributed by atoms with Gasteiger partial charge in [-0.25, -0.2) is 4.79 Å². The van der Waals surface area contributed by atoms with E-state index in [1.165, 1.54) is 14.2 Å². The third kappa shape index (κ3) is 16.1. The number of nitrogens with one attached hydrogen (secondary N) is 1. The van der Waals surface area contributed by atoms with Crippen molar-refractivity contribution < 1.29 is 46.9 Å². The van der Waals surface area contributed by atoms with Gasteiger partial charge in [0.05, 0.1) is 69.5 Å². The third-order valence-electron chi connectivity index (χ3n) is 13.4. The van der Waals surface area contributed by atoms with Crippen LogP contribution in [0.1, 0.15) is 108 Å². The topological polar surface area (TPSA) is 160 Å². The molecule has 0 aliphatic carbocycles. The van der Waals surface area contributed by atoms with Crippen LogP contribution < -0.4 is 30.0 Å². The van der Waals surface area contributed by atoms with Gasteiger partial charge in [-0.15, -0.1) is 0 Å². The predicted octanol–water partition coefficient (Wildman–Crippen LogP) is 11.8. The number of amides is 3. The minimum Gasteiger partial charge on any atom is -0.493 e. The normalized spacial score (nSPS) is 16.9. The van der Waals surface area contributed by atoms with E-state index in [2.05, 4.69) is 100 Å². The van der Waals surface area contributed by atoms with Crippen molar-refractivity contribution in [3.8, 4) is 23.0 Å². The van der Waals surface area contributed by atoms with Crippen molar-refractivity contribution in [2.45, 2.75) is 141 Å². The van der Waals surface area contributed by atoms with E-state index in [0.29, 0.717) is 110 Å². The zero-order valence-electron chi connectivity index (χ0n) is 44.0. The van der Waals surface area contributed by atoms with Crippen LogP contribution in [0.3, 0.4) is 0 Å². The lowest BCUT2D eigenvalue weighted by atomic mass is 10.1. The fraction of sp³-hybridized carbons (Fsp3) is 0.627. The van der Waals surface area contributed by atoms with Gasteiger partial charge in [0.25, 0.3) is 11.8 Å². The Morgan fingerprint density at radius 3 is 1.65 bits per heavy atom. The molecule has 69 heavy (non-hydrogen) atoms. The van der Waals surface area contributed by atoms with E-state index in [-0.39, 0.29) is 51.8 Å². The number of benzene rings is 2. The van der Waals surface area contributed by atoms with E-state index in [1.807, 2.05) is 4.90 Å². The summed E-state index contributed by atoms with van der Waals surface area (Å²) in [4.78, 5) is 45.2. The number of carbonyl (C=O) groups excluding carboxylic acids is 3. The Kier molecular flexibility index (Phi) is 21.0. The summed E-state index contributed by atoms with van der Waals surface area (Å²) in [6.45, 7) is 37.2. The molecule has 0 radical (unpaired) electrons. The number of hydrogen-bond acceptors (Lipinski definition) is 13. The molecule has 0 saturated carbocycles. The number of anilines is 2. The molecule has 18 heteroatoms. The molecule has 2 fully saturated rings. The summed E-state index contributed by atoms with van der Waals surface area (Å²) in [5.41, 5.74) is 9.58. The van der Waals surface area contributed by atoms with E-state index in [9.17, 15) is 14.4 Å². The monoisotopic (exact) mass is 1030 g/mol. The quantitative estimate of drug-likeness (QED) is 0.0336. The lowest BCUT2D eigenvalue weighted by molar-refractivity contribution is 0.0680. The number of unbranched alkanes of at least 4 members (excludes halogenated alkanes) is 2. The first-order chi connectivity index (χ1) is 32.2. The Morgan fingerprint density at radius 2 is 1.19 bits per heavy atom. The van der Waals surface area contributed by atoms with Crippen LogP contribution in [0, 0.1) is 0 Å². The van der Waals surface area contributed by atoms with Gasteiger partial charge in [-0.05, 0) is 80.5 Å². The number of likely N-dealkylation sites (tertiary alicyclic amines) is 2. The van der Waals surface area contributed by atoms with Gasteiger partial charge in [0.2, 0.25) is 0 Å². The molecule has 386 valence electrons. The maximum absolute atomic E-state index is 14.5. The van der Waals surface area contributed by atoms with Crippen LogP contribution in [-0.2, 0) is 13.6 Å². The van der Waals surface area contributed by atoms with Gasteiger partial charge < -0.3 is 48.1 Å². The van der Waals surface area contributed by atoms with Crippen LogP contribution in [0.5, 0.6) is 23.0 Å². The number of ether oxygens (including phenoxy) is 5. The first-order valence-corrected chi connectivity index (χ1v) is 32.3. The molecule has 2 aromatic carbocycles. The Balaban J connectivity index is 1.40. The molecule has 2 aliphatic heterocycles. The summed E-state index contributed by atoms with van der Waals surface area (Å²) in [7, 11) is 2.29. The molecule has 3 N–H and O–H groups in total. The Hall–Kier alpha value is -3.82. The molecule has 0 bridgehead atoms. The maximum Gasteiger partial charge on any atom is 0.411 e. The van der Waals surface area contributed by atoms with Crippen molar-refractivity contribution >= 4 is 67.5 Å². The standard InChI is InChI=1S/C51H82N4O10S2Si2/c1-34(2)67-66-23-22-63-49(58)53-42-29-46(44(60-12)27-40(42)48(57)55-31-36(4)25-38(55)33-65-69(15,16)51(8,9)10)62-21-19-17-18-20-61-45-28-41(52)39(26-43(45)59-11)47(56)54-30-35(3)24-37(54)32-64-68(13,14)50(5,6)7/h26-29,34,37-38H,3-4,17-25,30-33,52H2,1-2,5-16H3,(H,53,58)/t37-,38-/m0/s1. The van der Waals surface area contributed by atoms with Crippen LogP contribution >= 0.6 is 21.6 Å². The first kappa shape index (κ1) is 57.8. The highest BCUT2D eigenvalue weighted by molar-refractivity contribution is 8.76. The number of carbonyl (C=O) groups is 3. The Morgan fingerprint density at radius 1 is 0.725 bits per heavy atom. The Labute approximate surface area is 423 Å². The van der Waals surface area contributed by atoms with E-state index < -0.39 is 22.7 Å². The van der Waals surface area contributed by atoms with Crippen LogP contribution in [0.4, 0.5) is 16.2 Å². The van der Waals surface area contributed by atoms with Crippen molar-refractivity contribution in [1.82, 2.24) is 9.80 Å². The largest absolute Gasteiger partial charge is 0.493 e. The lowest BCUT2D eigenvalue weighted by Gasteiger charge is -2.38. The molecular weight excluding hydrogens is 949 g/mol. The third-order valence-corrected chi connectivity index (χ3v) is 25.3. The Bertz CT molecular complexity index is 2120. The summed E-state index contributed by atoms with van der Waals surface area (Å²) < 4.78 is 42.5. The second-order valence-corrected chi connectivity index (χ2v) is 34.0. The van der Waals surface area contributed by atoms with Crippen molar-refractivity contribution in [2.75, 3.05) is 77.1 Å². The molecule has 0 spiro atoms. The van der Waals surface area contributed by atoms with Gasteiger partial charge in [-0.3, -0.25) is 14.9 Å².